The Kier molecular flexibility index (Phi) is 9.64. The van der Waals surface area contributed by atoms with E-state index in [9.17, 15) is 14.4 Å². The lowest BCUT2D eigenvalue weighted by Gasteiger charge is -2.40. The summed E-state index contributed by atoms with van der Waals surface area (Å²) in [5.74, 6) is -0.521. The molecule has 2 N–H and O–H groups in total. The molecule has 36 heavy (non-hydrogen) atoms. The van der Waals surface area contributed by atoms with Gasteiger partial charge in [0.25, 0.3) is 0 Å². The Morgan fingerprint density at radius 1 is 1.22 bits per heavy atom. The van der Waals surface area contributed by atoms with Gasteiger partial charge in [-0.15, -0.1) is 6.58 Å². The summed E-state index contributed by atoms with van der Waals surface area (Å²) in [5, 5.41) is 6.51. The highest BCUT2D eigenvalue weighted by Gasteiger charge is 2.39. The number of ether oxygens (including phenoxy) is 1. The van der Waals surface area contributed by atoms with Crippen molar-refractivity contribution in [3.63, 3.8) is 0 Å². The third-order valence-electron chi connectivity index (χ3n) is 5.97. The molecule has 1 unspecified atom stereocenters. The van der Waals surface area contributed by atoms with Crippen LogP contribution in [-0.4, -0.2) is 84.6 Å². The minimum Gasteiger partial charge on any atom is -0.463 e. The topological polar surface area (TPSA) is 94.2 Å². The van der Waals surface area contributed by atoms with Crippen LogP contribution in [-0.2, 0) is 9.53 Å². The van der Waals surface area contributed by atoms with Gasteiger partial charge >= 0.3 is 18.0 Å². The van der Waals surface area contributed by atoms with Crippen molar-refractivity contribution < 1.29 is 19.1 Å². The van der Waals surface area contributed by atoms with E-state index in [1.807, 2.05) is 13.8 Å². The zero-order valence-corrected chi connectivity index (χ0v) is 22.4. The van der Waals surface area contributed by atoms with Crippen molar-refractivity contribution in [3.05, 3.63) is 57.7 Å². The molecule has 1 atom stereocenters. The molecule has 1 saturated heterocycles. The number of nitrogens with one attached hydrogen (secondary N) is 2. The van der Waals surface area contributed by atoms with E-state index in [0.29, 0.717) is 59.6 Å². The molecule has 0 spiro atoms. The second-order valence-electron chi connectivity index (χ2n) is 8.90. The zero-order valence-electron chi connectivity index (χ0n) is 20.9. The molecule has 1 aromatic carbocycles. The fourth-order valence-corrected chi connectivity index (χ4v) is 4.55. The van der Waals surface area contributed by atoms with Crippen molar-refractivity contribution in [2.24, 2.45) is 0 Å². The maximum Gasteiger partial charge on any atom is 0.338 e. The normalized spacial score (nSPS) is 18.8. The summed E-state index contributed by atoms with van der Waals surface area (Å²) in [6.07, 6.45) is 1.61. The fourth-order valence-electron chi connectivity index (χ4n) is 4.25. The molecule has 1 fully saturated rings. The number of urea groups is 2. The number of carbonyl (C=O) groups is 3. The number of benzene rings is 1. The molecule has 2 aliphatic heterocycles. The average Bonchev–Trinajstić information content (AvgIpc) is 2.83. The maximum absolute atomic E-state index is 13.3. The highest BCUT2D eigenvalue weighted by atomic mass is 35.5. The van der Waals surface area contributed by atoms with E-state index >= 15 is 0 Å². The van der Waals surface area contributed by atoms with Crippen molar-refractivity contribution in [2.75, 3.05) is 45.9 Å². The van der Waals surface area contributed by atoms with Gasteiger partial charge in [-0.25, -0.2) is 14.4 Å². The number of amides is 4. The summed E-state index contributed by atoms with van der Waals surface area (Å²) in [5.41, 5.74) is 1.48. The van der Waals surface area contributed by atoms with Crippen LogP contribution >= 0.6 is 23.2 Å². The van der Waals surface area contributed by atoms with Crippen molar-refractivity contribution in [2.45, 2.75) is 32.9 Å². The van der Waals surface area contributed by atoms with E-state index in [1.165, 1.54) is 4.90 Å². The smallest absolute Gasteiger partial charge is 0.338 e. The molecule has 196 valence electrons. The quantitative estimate of drug-likeness (QED) is 0.388. The maximum atomic E-state index is 13.3. The number of nitrogens with zero attached hydrogens (tertiary/aromatic N) is 3. The first kappa shape index (κ1) is 27.8. The number of rotatable bonds is 8. The SMILES string of the molecule is C=CCN1C(=O)NC(c2ccc(Cl)c(Cl)c2)C(C(=O)OCC)=C1CN1CCN(C(=O)NC(C)C)CC1. The van der Waals surface area contributed by atoms with Gasteiger partial charge in [0.15, 0.2) is 0 Å². The molecular weight excluding hydrogens is 505 g/mol. The van der Waals surface area contributed by atoms with Gasteiger partial charge in [-0.1, -0.05) is 35.3 Å². The lowest BCUT2D eigenvalue weighted by Crippen LogP contribution is -2.55. The van der Waals surface area contributed by atoms with Crippen LogP contribution in [0.3, 0.4) is 0 Å². The van der Waals surface area contributed by atoms with Gasteiger partial charge in [0.2, 0.25) is 0 Å². The Bertz CT molecular complexity index is 1040. The Hall–Kier alpha value is -2.75. The number of hydrogen-bond donors (Lipinski definition) is 2. The standard InChI is InChI=1S/C25H33Cl2N5O4/c1-5-9-32-20(15-30-10-12-31(13-11-30)24(34)28-16(3)4)21(23(33)36-6-2)22(29-25(32)35)17-7-8-18(26)19(27)14-17/h5,7-8,14,16,22H,1,6,9-13,15H2,2-4H3,(H,28,34)(H,29,35). The summed E-state index contributed by atoms with van der Waals surface area (Å²) in [7, 11) is 0. The Labute approximate surface area is 222 Å². The molecule has 0 radical (unpaired) electrons. The molecule has 1 aromatic rings. The van der Waals surface area contributed by atoms with Crippen LogP contribution in [0.1, 0.15) is 32.4 Å². The summed E-state index contributed by atoms with van der Waals surface area (Å²) in [6.45, 7) is 12.3. The second-order valence-corrected chi connectivity index (χ2v) is 9.72. The number of esters is 1. The average molecular weight is 538 g/mol. The summed E-state index contributed by atoms with van der Waals surface area (Å²) in [4.78, 5) is 44.2. The molecule has 2 heterocycles. The van der Waals surface area contributed by atoms with Crippen LogP contribution < -0.4 is 10.6 Å². The molecule has 0 saturated carbocycles. The van der Waals surface area contributed by atoms with Gasteiger partial charge in [-0.05, 0) is 38.5 Å². The largest absolute Gasteiger partial charge is 0.463 e. The van der Waals surface area contributed by atoms with Gasteiger partial charge in [0, 0.05) is 51.0 Å². The van der Waals surface area contributed by atoms with Crippen molar-refractivity contribution in [1.29, 1.82) is 0 Å². The highest BCUT2D eigenvalue weighted by Crippen LogP contribution is 2.35. The van der Waals surface area contributed by atoms with Crippen LogP contribution in [0, 0.1) is 0 Å². The lowest BCUT2D eigenvalue weighted by atomic mass is 9.94. The van der Waals surface area contributed by atoms with Crippen molar-refractivity contribution >= 4 is 41.2 Å². The molecule has 0 aromatic heterocycles. The predicted octanol–water partition coefficient (Wildman–Crippen LogP) is 3.80. The van der Waals surface area contributed by atoms with E-state index in [4.69, 9.17) is 27.9 Å². The molecule has 0 bridgehead atoms. The lowest BCUT2D eigenvalue weighted by molar-refractivity contribution is -0.139. The summed E-state index contributed by atoms with van der Waals surface area (Å²) < 4.78 is 5.41. The minimum atomic E-state index is -0.763. The first-order valence-corrected chi connectivity index (χ1v) is 12.7. The van der Waals surface area contributed by atoms with Crippen LogP contribution in [0.25, 0.3) is 0 Å². The Morgan fingerprint density at radius 3 is 2.50 bits per heavy atom. The first-order chi connectivity index (χ1) is 17.2. The van der Waals surface area contributed by atoms with Gasteiger partial charge in [-0.2, -0.15) is 0 Å². The molecule has 3 rings (SSSR count). The molecule has 11 heteroatoms. The van der Waals surface area contributed by atoms with Gasteiger partial charge in [-0.3, -0.25) is 9.80 Å². The van der Waals surface area contributed by atoms with Gasteiger partial charge < -0.3 is 20.3 Å². The van der Waals surface area contributed by atoms with Crippen LogP contribution in [0.5, 0.6) is 0 Å². The van der Waals surface area contributed by atoms with Gasteiger partial charge in [0.1, 0.15) is 0 Å². The van der Waals surface area contributed by atoms with E-state index < -0.39 is 12.0 Å². The number of carbonyl (C=O) groups excluding carboxylic acids is 3. The molecule has 0 aliphatic carbocycles. The first-order valence-electron chi connectivity index (χ1n) is 12.0. The minimum absolute atomic E-state index is 0.0549. The molecule has 2 aliphatic rings. The van der Waals surface area contributed by atoms with Crippen LogP contribution in [0.15, 0.2) is 42.1 Å². The van der Waals surface area contributed by atoms with Crippen LogP contribution in [0.4, 0.5) is 9.59 Å². The zero-order chi connectivity index (χ0) is 26.4. The predicted molar refractivity (Wildman–Crippen MR) is 140 cm³/mol. The summed E-state index contributed by atoms with van der Waals surface area (Å²) >= 11 is 12.4. The van der Waals surface area contributed by atoms with Crippen molar-refractivity contribution in [3.8, 4) is 0 Å². The second kappa shape index (κ2) is 12.5. The third kappa shape index (κ3) is 6.52. The Morgan fingerprint density at radius 2 is 1.92 bits per heavy atom. The van der Waals surface area contributed by atoms with Crippen LogP contribution in [0.2, 0.25) is 10.0 Å². The molecular formula is C25H33Cl2N5O4. The van der Waals surface area contributed by atoms with E-state index in [-0.39, 0.29) is 31.3 Å². The number of halogens is 2. The molecule has 4 amide bonds. The monoisotopic (exact) mass is 537 g/mol. The molecule has 9 nitrogen and oxygen atoms in total. The van der Waals surface area contributed by atoms with E-state index in [0.717, 1.165) is 0 Å². The van der Waals surface area contributed by atoms with Crippen molar-refractivity contribution in [1.82, 2.24) is 25.3 Å². The summed E-state index contributed by atoms with van der Waals surface area (Å²) in [6, 6.07) is 3.84. The number of hydrogen-bond acceptors (Lipinski definition) is 5. The van der Waals surface area contributed by atoms with Gasteiger partial charge in [0.05, 0.1) is 28.3 Å². The Balaban J connectivity index is 1.96. The van der Waals surface area contributed by atoms with E-state index in [1.54, 1.807) is 36.1 Å². The van der Waals surface area contributed by atoms with E-state index in [2.05, 4.69) is 22.1 Å². The number of piperazine rings is 1. The fraction of sp³-hybridized carbons (Fsp3) is 0.480. The highest BCUT2D eigenvalue weighted by molar-refractivity contribution is 6.42. The third-order valence-corrected chi connectivity index (χ3v) is 6.71.